The first kappa shape index (κ1) is 17.8. The maximum Gasteiger partial charge on any atom is 0.328 e. The number of hydrogen-bond acceptors (Lipinski definition) is 4. The quantitative estimate of drug-likeness (QED) is 0.663. The molecule has 132 valence electrons. The Morgan fingerprint density at radius 2 is 2.04 bits per heavy atom. The summed E-state index contributed by atoms with van der Waals surface area (Å²) in [6.45, 7) is 2.15. The molecule has 2 heterocycles. The monoisotopic (exact) mass is 380 g/mol. The summed E-state index contributed by atoms with van der Waals surface area (Å²) >= 11 is 12.1. The summed E-state index contributed by atoms with van der Waals surface area (Å²) in [5.41, 5.74) is 2.90. The van der Waals surface area contributed by atoms with Crippen molar-refractivity contribution in [2.75, 3.05) is 5.32 Å². The van der Waals surface area contributed by atoms with Crippen LogP contribution in [-0.2, 0) is 13.6 Å². The number of imidazole rings is 1. The standard InChI is InChI=1S/C17H18Cl2N4O2/c1-10(24)6-8-23-14-9-11(3-4-13(14)22(2)17(23)25)21-12-5-7-20-16(19)15(12)18/h3-5,7,9-10,24H,6,8H2,1-2H3,(H,20,21). The van der Waals surface area contributed by atoms with E-state index in [0.717, 1.165) is 16.7 Å². The second kappa shape index (κ2) is 7.07. The van der Waals surface area contributed by atoms with E-state index in [1.165, 1.54) is 0 Å². The lowest BCUT2D eigenvalue weighted by Crippen LogP contribution is -2.23. The molecule has 3 aromatic rings. The average Bonchev–Trinajstić information content (AvgIpc) is 2.81. The Hall–Kier alpha value is -2.02. The predicted octanol–water partition coefficient (Wildman–Crippen LogP) is 3.56. The molecule has 0 spiro atoms. The highest BCUT2D eigenvalue weighted by atomic mass is 35.5. The van der Waals surface area contributed by atoms with Gasteiger partial charge in [0.2, 0.25) is 0 Å². The molecule has 0 fully saturated rings. The van der Waals surface area contributed by atoms with Crippen molar-refractivity contribution < 1.29 is 5.11 Å². The summed E-state index contributed by atoms with van der Waals surface area (Å²) in [4.78, 5) is 16.4. The van der Waals surface area contributed by atoms with Crippen molar-refractivity contribution in [2.45, 2.75) is 26.0 Å². The van der Waals surface area contributed by atoms with E-state index < -0.39 is 6.10 Å². The smallest absolute Gasteiger partial charge is 0.328 e. The van der Waals surface area contributed by atoms with Crippen LogP contribution in [0.4, 0.5) is 11.4 Å². The normalized spacial score (nSPS) is 12.5. The molecule has 0 amide bonds. The number of halogens is 2. The van der Waals surface area contributed by atoms with Gasteiger partial charge in [-0.1, -0.05) is 23.2 Å². The SMILES string of the molecule is CC(O)CCn1c(=O)n(C)c2ccc(Nc3ccnc(Cl)c3Cl)cc21. The molecular formula is C17H18Cl2N4O2. The van der Waals surface area contributed by atoms with Gasteiger partial charge in [0.1, 0.15) is 10.2 Å². The molecule has 0 saturated heterocycles. The fourth-order valence-electron chi connectivity index (χ4n) is 2.69. The van der Waals surface area contributed by atoms with Crippen molar-refractivity contribution in [3.05, 3.63) is 51.1 Å². The van der Waals surface area contributed by atoms with Gasteiger partial charge in [-0.3, -0.25) is 9.13 Å². The molecule has 6 nitrogen and oxygen atoms in total. The van der Waals surface area contributed by atoms with Gasteiger partial charge >= 0.3 is 5.69 Å². The number of nitrogens with one attached hydrogen (secondary N) is 1. The maximum atomic E-state index is 12.4. The molecule has 0 bridgehead atoms. The largest absolute Gasteiger partial charge is 0.393 e. The Morgan fingerprint density at radius 1 is 1.28 bits per heavy atom. The van der Waals surface area contributed by atoms with Gasteiger partial charge in [-0.05, 0) is 37.6 Å². The lowest BCUT2D eigenvalue weighted by atomic mass is 10.2. The number of pyridine rings is 1. The highest BCUT2D eigenvalue weighted by molar-refractivity contribution is 6.43. The van der Waals surface area contributed by atoms with Gasteiger partial charge in [-0.25, -0.2) is 9.78 Å². The van der Waals surface area contributed by atoms with Crippen LogP contribution in [0.2, 0.25) is 10.2 Å². The van der Waals surface area contributed by atoms with Crippen LogP contribution in [0.25, 0.3) is 11.0 Å². The molecule has 1 unspecified atom stereocenters. The van der Waals surface area contributed by atoms with Gasteiger partial charge in [0.15, 0.2) is 0 Å². The maximum absolute atomic E-state index is 12.4. The van der Waals surface area contributed by atoms with Gasteiger partial charge in [0, 0.05) is 25.5 Å². The van der Waals surface area contributed by atoms with Crippen LogP contribution in [0.1, 0.15) is 13.3 Å². The van der Waals surface area contributed by atoms with E-state index in [-0.39, 0.29) is 10.8 Å². The molecule has 3 rings (SSSR count). The van der Waals surface area contributed by atoms with E-state index in [0.29, 0.717) is 23.7 Å². The van der Waals surface area contributed by atoms with Crippen LogP contribution in [0.5, 0.6) is 0 Å². The Morgan fingerprint density at radius 3 is 2.76 bits per heavy atom. The molecule has 0 saturated carbocycles. The fraction of sp³-hybridized carbons (Fsp3) is 0.294. The third-order valence-corrected chi connectivity index (χ3v) is 4.81. The van der Waals surface area contributed by atoms with Crippen LogP contribution in [-0.4, -0.2) is 25.3 Å². The predicted molar refractivity (Wildman–Crippen MR) is 101 cm³/mol. The molecule has 0 radical (unpaired) electrons. The number of aliphatic hydroxyl groups is 1. The minimum Gasteiger partial charge on any atom is -0.393 e. The van der Waals surface area contributed by atoms with E-state index in [4.69, 9.17) is 23.2 Å². The second-order valence-electron chi connectivity index (χ2n) is 5.92. The van der Waals surface area contributed by atoms with E-state index in [9.17, 15) is 9.90 Å². The average molecular weight is 381 g/mol. The van der Waals surface area contributed by atoms with Gasteiger partial charge in [-0.2, -0.15) is 0 Å². The first-order chi connectivity index (χ1) is 11.9. The highest BCUT2D eigenvalue weighted by Crippen LogP contribution is 2.31. The summed E-state index contributed by atoms with van der Waals surface area (Å²) in [5, 5.41) is 13.3. The molecule has 2 N–H and O–H groups in total. The van der Waals surface area contributed by atoms with Crippen molar-refractivity contribution in [2.24, 2.45) is 7.05 Å². The summed E-state index contributed by atoms with van der Waals surface area (Å²) < 4.78 is 3.26. The van der Waals surface area contributed by atoms with Crippen LogP contribution < -0.4 is 11.0 Å². The molecule has 0 aliphatic rings. The zero-order valence-corrected chi connectivity index (χ0v) is 15.3. The Balaban J connectivity index is 2.02. The van der Waals surface area contributed by atoms with E-state index in [2.05, 4.69) is 10.3 Å². The molecule has 25 heavy (non-hydrogen) atoms. The van der Waals surface area contributed by atoms with E-state index >= 15 is 0 Å². The minimum atomic E-state index is -0.471. The fourth-order valence-corrected chi connectivity index (χ4v) is 3.01. The van der Waals surface area contributed by atoms with Crippen LogP contribution >= 0.6 is 23.2 Å². The number of anilines is 2. The molecular weight excluding hydrogens is 363 g/mol. The molecule has 1 atom stereocenters. The summed E-state index contributed by atoms with van der Waals surface area (Å²) in [5.74, 6) is 0. The van der Waals surface area contributed by atoms with Crippen molar-refractivity contribution in [1.29, 1.82) is 0 Å². The van der Waals surface area contributed by atoms with Crippen molar-refractivity contribution in [3.63, 3.8) is 0 Å². The third kappa shape index (κ3) is 3.51. The summed E-state index contributed by atoms with van der Waals surface area (Å²) in [6.07, 6.45) is 1.60. The zero-order chi connectivity index (χ0) is 18.1. The number of nitrogens with zero attached hydrogens (tertiary/aromatic N) is 3. The Labute approximate surface area is 154 Å². The highest BCUT2D eigenvalue weighted by Gasteiger charge is 2.13. The first-order valence-electron chi connectivity index (χ1n) is 7.83. The topological polar surface area (TPSA) is 72.1 Å². The van der Waals surface area contributed by atoms with Crippen LogP contribution in [0.15, 0.2) is 35.3 Å². The molecule has 1 aromatic carbocycles. The number of fused-ring (bicyclic) bond motifs is 1. The molecule has 0 aliphatic heterocycles. The van der Waals surface area contributed by atoms with Gasteiger partial charge < -0.3 is 10.4 Å². The van der Waals surface area contributed by atoms with Crippen LogP contribution in [0, 0.1) is 0 Å². The number of aliphatic hydroxyl groups excluding tert-OH is 1. The van der Waals surface area contributed by atoms with Crippen molar-refractivity contribution in [3.8, 4) is 0 Å². The number of benzene rings is 1. The molecule has 8 heteroatoms. The minimum absolute atomic E-state index is 0.113. The summed E-state index contributed by atoms with van der Waals surface area (Å²) in [6, 6.07) is 7.34. The van der Waals surface area contributed by atoms with Gasteiger partial charge in [-0.15, -0.1) is 0 Å². The van der Waals surface area contributed by atoms with E-state index in [1.807, 2.05) is 18.2 Å². The van der Waals surface area contributed by atoms with Crippen molar-refractivity contribution in [1.82, 2.24) is 14.1 Å². The number of aryl methyl sites for hydroxylation is 2. The second-order valence-corrected chi connectivity index (χ2v) is 6.66. The number of rotatable bonds is 5. The number of aromatic nitrogens is 3. The van der Waals surface area contributed by atoms with Crippen LogP contribution in [0.3, 0.4) is 0 Å². The first-order valence-corrected chi connectivity index (χ1v) is 8.58. The Kier molecular flexibility index (Phi) is 5.03. The van der Waals surface area contributed by atoms with Gasteiger partial charge in [0.25, 0.3) is 0 Å². The molecule has 0 aliphatic carbocycles. The van der Waals surface area contributed by atoms with Crippen molar-refractivity contribution >= 4 is 45.6 Å². The van der Waals surface area contributed by atoms with Gasteiger partial charge in [0.05, 0.1) is 22.8 Å². The third-order valence-electron chi connectivity index (χ3n) is 4.04. The number of hydrogen-bond donors (Lipinski definition) is 2. The van der Waals surface area contributed by atoms with E-state index in [1.54, 1.807) is 35.4 Å². The Bertz CT molecular complexity index is 979. The zero-order valence-electron chi connectivity index (χ0n) is 13.8. The lowest BCUT2D eigenvalue weighted by Gasteiger charge is -2.10. The lowest BCUT2D eigenvalue weighted by molar-refractivity contribution is 0.178. The molecule has 2 aromatic heterocycles. The summed E-state index contributed by atoms with van der Waals surface area (Å²) in [7, 11) is 1.73.